The van der Waals surface area contributed by atoms with Crippen LogP contribution in [0, 0.1) is 0 Å². The van der Waals surface area contributed by atoms with Crippen molar-refractivity contribution in [2.75, 3.05) is 14.7 Å². The molecule has 3 aliphatic rings. The highest BCUT2D eigenvalue weighted by atomic mass is 15.2. The Morgan fingerprint density at radius 1 is 0.152 bits per heavy atom. The van der Waals surface area contributed by atoms with Crippen LogP contribution >= 0.6 is 0 Å². The average Bonchev–Trinajstić information content (AvgIpc) is 1.57. The number of fused-ring (bicyclic) bond motifs is 19. The number of para-hydroxylation sites is 9. The lowest BCUT2D eigenvalue weighted by Crippen LogP contribution is -2.17. The third-order valence-electron chi connectivity index (χ3n) is 31.0. The second-order valence-electron chi connectivity index (χ2n) is 40.3. The van der Waals surface area contributed by atoms with Gasteiger partial charge in [0.1, 0.15) is 0 Å². The van der Waals surface area contributed by atoms with Crippen LogP contribution in [0.25, 0.3) is 160 Å². The van der Waals surface area contributed by atoms with Gasteiger partial charge in [0.25, 0.3) is 0 Å². The van der Waals surface area contributed by atoms with Gasteiger partial charge in [0.2, 0.25) is 0 Å². The first-order valence-electron chi connectivity index (χ1n) is 50.5. The molecular formula is C139H104N6. The molecule has 0 N–H and O–H groups in total. The summed E-state index contributed by atoms with van der Waals surface area (Å²) in [5.74, 6) is 0. The van der Waals surface area contributed by atoms with Crippen LogP contribution in [-0.2, 0) is 16.2 Å². The Labute approximate surface area is 846 Å². The zero-order valence-corrected chi connectivity index (χ0v) is 81.8. The molecule has 0 saturated heterocycles. The van der Waals surface area contributed by atoms with E-state index in [2.05, 4.69) is 592 Å². The summed E-state index contributed by atoms with van der Waals surface area (Å²) in [5, 5.41) is 10.2. The predicted molar refractivity (Wildman–Crippen MR) is 613 cm³/mol. The predicted octanol–water partition coefficient (Wildman–Crippen LogP) is 37.8. The molecule has 0 amide bonds. The highest BCUT2D eigenvalue weighted by Gasteiger charge is 2.40. The molecule has 3 heterocycles. The highest BCUT2D eigenvalue weighted by molar-refractivity contribution is 6.12. The molecule has 0 fully saturated rings. The molecule has 28 rings (SSSR count). The van der Waals surface area contributed by atoms with Crippen LogP contribution in [0.4, 0.5) is 51.2 Å². The highest BCUT2D eigenvalue weighted by Crippen LogP contribution is 2.57. The topological polar surface area (TPSA) is 24.5 Å². The van der Waals surface area contributed by atoms with Crippen molar-refractivity contribution in [2.45, 2.75) is 57.8 Å². The van der Waals surface area contributed by atoms with Gasteiger partial charge in [-0.05, 0) is 281 Å². The molecule has 3 aliphatic carbocycles. The Morgan fingerprint density at radius 3 is 0.766 bits per heavy atom. The van der Waals surface area contributed by atoms with E-state index in [1.165, 1.54) is 205 Å². The number of hydrogen-bond acceptors (Lipinski definition) is 3. The number of anilines is 9. The van der Waals surface area contributed by atoms with E-state index in [1.54, 1.807) is 0 Å². The van der Waals surface area contributed by atoms with Gasteiger partial charge in [-0.2, -0.15) is 0 Å². The van der Waals surface area contributed by atoms with Gasteiger partial charge in [0, 0.05) is 117 Å². The number of aromatic nitrogens is 3. The summed E-state index contributed by atoms with van der Waals surface area (Å²) in [6.07, 6.45) is 0. The van der Waals surface area contributed by atoms with Crippen molar-refractivity contribution in [3.05, 3.63) is 555 Å². The maximum atomic E-state index is 2.42. The third kappa shape index (κ3) is 14.8. The molecule has 0 unspecified atom stereocenters. The van der Waals surface area contributed by atoms with Gasteiger partial charge in [0.05, 0.1) is 38.8 Å². The molecule has 22 aromatic carbocycles. The zero-order chi connectivity index (χ0) is 97.2. The van der Waals surface area contributed by atoms with Crippen LogP contribution in [0.1, 0.15) is 74.9 Å². The van der Waals surface area contributed by atoms with Crippen LogP contribution in [0.5, 0.6) is 0 Å². The molecule has 0 spiro atoms. The van der Waals surface area contributed by atoms with E-state index in [4.69, 9.17) is 0 Å². The van der Waals surface area contributed by atoms with Crippen molar-refractivity contribution < 1.29 is 0 Å². The molecule has 0 bridgehead atoms. The molecule has 690 valence electrons. The van der Waals surface area contributed by atoms with Gasteiger partial charge >= 0.3 is 0 Å². The number of benzene rings is 22. The third-order valence-corrected chi connectivity index (χ3v) is 31.0. The second kappa shape index (κ2) is 35.3. The largest absolute Gasteiger partial charge is 0.310 e. The van der Waals surface area contributed by atoms with E-state index < -0.39 is 0 Å². The molecule has 0 atom stereocenters. The maximum Gasteiger partial charge on any atom is 0.0541 e. The van der Waals surface area contributed by atoms with Crippen LogP contribution in [0.15, 0.2) is 522 Å². The SMILES string of the molecule is CC1(C)c2cc(N(c3ccccc3)c3cccc4ccccc34)ccc2-c2ccc(-n3c4ccccc4c4ccccc43)cc21.CC1(C)c2cc(N(c3ccccc3)c3ccccc3)ccc2-c2ccc(-n3c4ccccc4c4ccccc43)cc21.CC1(C)c2ccccc2-c2ccc(N(c3ccc(-c4ccccc4)cc3)c3ccc(-c4ccc(-c5ccc(-n6c7ccccc7c7ccccc76)cc5)cc4)cc3)cc21. The molecular weight excluding hydrogens is 1750 g/mol. The van der Waals surface area contributed by atoms with Crippen molar-refractivity contribution in [1.82, 2.24) is 13.7 Å². The summed E-state index contributed by atoms with van der Waals surface area (Å²) in [5.41, 5.74) is 44.3. The quantitative estimate of drug-likeness (QED) is 0.102. The molecule has 25 aromatic rings. The van der Waals surface area contributed by atoms with Gasteiger partial charge in [-0.25, -0.2) is 0 Å². The van der Waals surface area contributed by atoms with E-state index >= 15 is 0 Å². The molecule has 6 nitrogen and oxygen atoms in total. The van der Waals surface area contributed by atoms with Gasteiger partial charge in [-0.15, -0.1) is 0 Å². The number of hydrogen-bond donors (Lipinski definition) is 0. The van der Waals surface area contributed by atoms with E-state index in [0.29, 0.717) is 0 Å². The Bertz CT molecular complexity index is 9100. The van der Waals surface area contributed by atoms with Crippen molar-refractivity contribution in [2.24, 2.45) is 0 Å². The Hall–Kier alpha value is -18.1. The summed E-state index contributed by atoms with van der Waals surface area (Å²) in [4.78, 5) is 7.15. The molecule has 0 aliphatic heterocycles. The Kier molecular flexibility index (Phi) is 21.2. The van der Waals surface area contributed by atoms with E-state index in [0.717, 1.165) is 39.8 Å². The van der Waals surface area contributed by atoms with Crippen LogP contribution in [-0.4, -0.2) is 13.7 Å². The normalized spacial score (nSPS) is 13.1. The van der Waals surface area contributed by atoms with E-state index in [9.17, 15) is 0 Å². The first kappa shape index (κ1) is 87.2. The summed E-state index contributed by atoms with van der Waals surface area (Å²) in [6.45, 7) is 14.2. The van der Waals surface area contributed by atoms with Gasteiger partial charge in [-0.1, -0.05) is 387 Å². The fraction of sp³-hybridized carbons (Fsp3) is 0.0647. The van der Waals surface area contributed by atoms with E-state index in [1.807, 2.05) is 0 Å². The first-order valence-corrected chi connectivity index (χ1v) is 50.5. The fourth-order valence-electron chi connectivity index (χ4n) is 23.8. The van der Waals surface area contributed by atoms with E-state index in [-0.39, 0.29) is 16.2 Å². The maximum absolute atomic E-state index is 2.42. The Balaban J connectivity index is 0.000000113. The standard InChI is InChI=1S/C57H42N2.C43H32N2.C39H30N2/c1-57(2)53-17-9-6-14-49(53)50-37-36-48(38-54(50)57)58(45-30-24-42(25-31-45)39-12-4-3-5-13-39)46-32-26-43(27-33-46)40-20-22-41(23-21-40)44-28-34-47(35-29-44)59-55-18-10-7-15-51(55)52-16-8-11-19-56(52)59;1-43(2)38-27-31(44(30-15-4-3-5-16-30)40-22-12-14-29-13-6-7-17-33(29)40)23-25-34(38)35-26-24-32(28-39(35)43)45-41-20-10-8-18-36(41)37-19-9-11-21-42(37)45;1-39(2)35-25-29(40(27-13-5-3-6-14-27)28-15-7-4-8-16-28)21-23-31(35)32-24-22-30(26-36(32)39)41-37-19-11-9-17-33(37)34-18-10-12-20-38(34)41/h3-38H,1-2H3;3-28H,1-2H3;3-26H,1-2H3. The number of nitrogens with zero attached hydrogens (tertiary/aromatic N) is 6. The van der Waals surface area contributed by atoms with Crippen molar-refractivity contribution in [1.29, 1.82) is 0 Å². The van der Waals surface area contributed by atoms with Gasteiger partial charge in [0.15, 0.2) is 0 Å². The van der Waals surface area contributed by atoms with Crippen molar-refractivity contribution in [3.63, 3.8) is 0 Å². The second-order valence-corrected chi connectivity index (χ2v) is 40.3. The average molecular weight is 1860 g/mol. The van der Waals surface area contributed by atoms with Crippen LogP contribution in [0.2, 0.25) is 0 Å². The minimum absolute atomic E-state index is 0.0881. The monoisotopic (exact) mass is 1860 g/mol. The summed E-state index contributed by atoms with van der Waals surface area (Å²) >= 11 is 0. The summed E-state index contributed by atoms with van der Waals surface area (Å²) in [6, 6.07) is 190. The lowest BCUT2D eigenvalue weighted by molar-refractivity contribution is 0.660. The molecule has 0 saturated carbocycles. The molecule has 6 heteroatoms. The van der Waals surface area contributed by atoms with Crippen LogP contribution in [0.3, 0.4) is 0 Å². The van der Waals surface area contributed by atoms with Crippen molar-refractivity contribution >= 4 is 127 Å². The lowest BCUT2D eigenvalue weighted by Gasteiger charge is -2.29. The Morgan fingerprint density at radius 2 is 0.386 bits per heavy atom. The fourth-order valence-corrected chi connectivity index (χ4v) is 23.8. The minimum Gasteiger partial charge on any atom is -0.310 e. The first-order chi connectivity index (χ1) is 71.2. The minimum atomic E-state index is -0.170. The summed E-state index contributed by atoms with van der Waals surface area (Å²) in [7, 11) is 0. The van der Waals surface area contributed by atoms with Crippen molar-refractivity contribution in [3.8, 4) is 83.8 Å². The molecule has 145 heavy (non-hydrogen) atoms. The molecule has 3 aromatic heterocycles. The number of rotatable bonds is 15. The van der Waals surface area contributed by atoms with Crippen LogP contribution < -0.4 is 14.7 Å². The van der Waals surface area contributed by atoms with Gasteiger partial charge in [-0.3, -0.25) is 0 Å². The lowest BCUT2D eigenvalue weighted by atomic mass is 9.82. The molecule has 0 radical (unpaired) electrons. The summed E-state index contributed by atoms with van der Waals surface area (Å²) < 4.78 is 7.21. The van der Waals surface area contributed by atoms with Gasteiger partial charge < -0.3 is 28.4 Å². The smallest absolute Gasteiger partial charge is 0.0541 e. The zero-order valence-electron chi connectivity index (χ0n) is 81.8.